The molecule has 0 aromatic heterocycles. The Morgan fingerprint density at radius 2 is 1.33 bits per heavy atom. The van der Waals surface area contributed by atoms with Crippen LogP contribution in [0.4, 0.5) is 0 Å². The predicted octanol–water partition coefficient (Wildman–Crippen LogP) is 5.87. The normalized spacial score (nSPS) is 10.9. The third kappa shape index (κ3) is 5.01. The van der Waals surface area contributed by atoms with Gasteiger partial charge in [0.15, 0.2) is 5.75 Å². The van der Waals surface area contributed by atoms with Crippen LogP contribution < -0.4 is 9.47 Å². The minimum absolute atomic E-state index is 0.0414. The van der Waals surface area contributed by atoms with Gasteiger partial charge in [-0.05, 0) is 35.0 Å². The van der Waals surface area contributed by atoms with E-state index in [1.54, 1.807) is 12.1 Å². The summed E-state index contributed by atoms with van der Waals surface area (Å²) < 4.78 is 10.2. The molecule has 27 heavy (non-hydrogen) atoms. The summed E-state index contributed by atoms with van der Waals surface area (Å²) in [6, 6.07) is 15.7. The van der Waals surface area contributed by atoms with Gasteiger partial charge in [0.2, 0.25) is 0 Å². The van der Waals surface area contributed by atoms with Crippen molar-refractivity contribution in [1.82, 2.24) is 0 Å². The standard InChI is InChI=1S/C20H11Cl3O4/c21-14-10-16(22)20(17(23)11-14)27-19(25)8-7-18(24)26-15-6-5-12-3-1-2-4-13(12)9-15/h1-11H/b8-7+. The van der Waals surface area contributed by atoms with Gasteiger partial charge in [-0.3, -0.25) is 0 Å². The van der Waals surface area contributed by atoms with Crippen molar-refractivity contribution >= 4 is 57.5 Å². The van der Waals surface area contributed by atoms with E-state index in [1.807, 2.05) is 30.3 Å². The van der Waals surface area contributed by atoms with E-state index >= 15 is 0 Å². The Morgan fingerprint density at radius 1 is 0.741 bits per heavy atom. The number of ether oxygens (including phenoxy) is 2. The highest BCUT2D eigenvalue weighted by molar-refractivity contribution is 6.40. The zero-order valence-electron chi connectivity index (χ0n) is 13.6. The van der Waals surface area contributed by atoms with Gasteiger partial charge in [-0.2, -0.15) is 0 Å². The predicted molar refractivity (Wildman–Crippen MR) is 106 cm³/mol. The van der Waals surface area contributed by atoms with Gasteiger partial charge in [0.25, 0.3) is 0 Å². The van der Waals surface area contributed by atoms with E-state index in [1.165, 1.54) is 12.1 Å². The van der Waals surface area contributed by atoms with Crippen molar-refractivity contribution < 1.29 is 19.1 Å². The molecule has 0 fully saturated rings. The summed E-state index contributed by atoms with van der Waals surface area (Å²) in [6.07, 6.45) is 1.87. The molecule has 0 heterocycles. The molecular weight excluding hydrogens is 411 g/mol. The molecule has 0 unspecified atom stereocenters. The van der Waals surface area contributed by atoms with E-state index in [0.717, 1.165) is 22.9 Å². The average Bonchev–Trinajstić information content (AvgIpc) is 2.63. The van der Waals surface area contributed by atoms with Crippen LogP contribution >= 0.6 is 34.8 Å². The van der Waals surface area contributed by atoms with Crippen LogP contribution in [0.2, 0.25) is 15.1 Å². The van der Waals surface area contributed by atoms with Gasteiger partial charge in [0.1, 0.15) is 5.75 Å². The van der Waals surface area contributed by atoms with Crippen molar-refractivity contribution in [3.8, 4) is 11.5 Å². The number of rotatable bonds is 4. The first-order valence-corrected chi connectivity index (χ1v) is 8.81. The van der Waals surface area contributed by atoms with Crippen molar-refractivity contribution in [2.75, 3.05) is 0 Å². The highest BCUT2D eigenvalue weighted by Crippen LogP contribution is 2.35. The van der Waals surface area contributed by atoms with Crippen molar-refractivity contribution in [2.24, 2.45) is 0 Å². The fourth-order valence-electron chi connectivity index (χ4n) is 2.28. The molecule has 0 radical (unpaired) electrons. The highest BCUT2D eigenvalue weighted by Gasteiger charge is 2.12. The van der Waals surface area contributed by atoms with Crippen molar-refractivity contribution in [3.63, 3.8) is 0 Å². The minimum atomic E-state index is -0.836. The van der Waals surface area contributed by atoms with Crippen molar-refractivity contribution in [3.05, 3.63) is 81.8 Å². The summed E-state index contributed by atoms with van der Waals surface area (Å²) in [4.78, 5) is 23.8. The van der Waals surface area contributed by atoms with Gasteiger partial charge in [-0.1, -0.05) is 65.1 Å². The fraction of sp³-hybridized carbons (Fsp3) is 0. The number of halogens is 3. The Bertz CT molecular complexity index is 1040. The SMILES string of the molecule is O=C(/C=C/C(=O)Oc1c(Cl)cc(Cl)cc1Cl)Oc1ccc2ccccc2c1. The molecule has 0 amide bonds. The second-order valence-corrected chi connectivity index (χ2v) is 6.63. The largest absolute Gasteiger partial charge is 0.423 e. The molecule has 3 aromatic rings. The lowest BCUT2D eigenvalue weighted by molar-refractivity contribution is -0.131. The molecule has 0 spiro atoms. The topological polar surface area (TPSA) is 52.6 Å². The second kappa shape index (κ2) is 8.44. The van der Waals surface area contributed by atoms with Gasteiger partial charge in [0, 0.05) is 17.2 Å². The van der Waals surface area contributed by atoms with Crippen LogP contribution in [0.3, 0.4) is 0 Å². The third-order valence-electron chi connectivity index (χ3n) is 3.46. The van der Waals surface area contributed by atoms with Crippen LogP contribution in [0.15, 0.2) is 66.7 Å². The maximum absolute atomic E-state index is 11.9. The van der Waals surface area contributed by atoms with Gasteiger partial charge >= 0.3 is 11.9 Å². The first-order valence-electron chi connectivity index (χ1n) is 7.67. The number of carbonyl (C=O) groups is 2. The lowest BCUT2D eigenvalue weighted by Gasteiger charge is -2.06. The Hall–Kier alpha value is -2.53. The maximum atomic E-state index is 11.9. The molecule has 0 aliphatic rings. The molecular formula is C20H11Cl3O4. The molecule has 4 nitrogen and oxygen atoms in total. The highest BCUT2D eigenvalue weighted by atomic mass is 35.5. The number of esters is 2. The molecule has 3 aromatic carbocycles. The smallest absolute Gasteiger partial charge is 0.336 e. The number of benzene rings is 3. The van der Waals surface area contributed by atoms with E-state index in [0.29, 0.717) is 10.8 Å². The van der Waals surface area contributed by atoms with Crippen molar-refractivity contribution in [1.29, 1.82) is 0 Å². The third-order valence-corrected chi connectivity index (χ3v) is 4.24. The van der Waals surface area contributed by atoms with Crippen LogP contribution in [0.1, 0.15) is 0 Å². The monoisotopic (exact) mass is 420 g/mol. The number of hydrogen-bond acceptors (Lipinski definition) is 4. The summed E-state index contributed by atoms with van der Waals surface area (Å²) in [5.74, 6) is -1.24. The van der Waals surface area contributed by atoms with Crippen LogP contribution in [0, 0.1) is 0 Å². The van der Waals surface area contributed by atoms with Crippen LogP contribution in [0.25, 0.3) is 10.8 Å². The first-order chi connectivity index (χ1) is 12.9. The van der Waals surface area contributed by atoms with Crippen LogP contribution in [-0.2, 0) is 9.59 Å². The molecule has 0 aliphatic carbocycles. The molecule has 0 N–H and O–H groups in total. The molecule has 0 atom stereocenters. The van der Waals surface area contributed by atoms with E-state index < -0.39 is 11.9 Å². The fourth-order valence-corrected chi connectivity index (χ4v) is 3.17. The van der Waals surface area contributed by atoms with Crippen LogP contribution in [-0.4, -0.2) is 11.9 Å². The van der Waals surface area contributed by atoms with E-state index in [2.05, 4.69) is 0 Å². The summed E-state index contributed by atoms with van der Waals surface area (Å²) >= 11 is 17.7. The number of hydrogen-bond donors (Lipinski definition) is 0. The van der Waals surface area contributed by atoms with Crippen molar-refractivity contribution in [2.45, 2.75) is 0 Å². The zero-order chi connectivity index (χ0) is 19.4. The van der Waals surface area contributed by atoms with E-state index in [-0.39, 0.29) is 15.8 Å². The minimum Gasteiger partial charge on any atom is -0.423 e. The molecule has 0 bridgehead atoms. The number of carbonyl (C=O) groups excluding carboxylic acids is 2. The Labute approximate surface area is 169 Å². The first kappa shape index (κ1) is 19.2. The summed E-state index contributed by atoms with van der Waals surface area (Å²) in [6.45, 7) is 0. The lowest BCUT2D eigenvalue weighted by Crippen LogP contribution is -2.08. The molecule has 0 aliphatic heterocycles. The second-order valence-electron chi connectivity index (χ2n) is 5.38. The summed E-state index contributed by atoms with van der Waals surface area (Å²) in [5.41, 5.74) is 0. The summed E-state index contributed by atoms with van der Waals surface area (Å²) in [7, 11) is 0. The molecule has 0 saturated heterocycles. The maximum Gasteiger partial charge on any atom is 0.336 e. The Balaban J connectivity index is 1.64. The Morgan fingerprint density at radius 3 is 2.00 bits per heavy atom. The zero-order valence-corrected chi connectivity index (χ0v) is 15.9. The van der Waals surface area contributed by atoms with E-state index in [4.69, 9.17) is 44.3 Å². The number of fused-ring (bicyclic) bond motifs is 1. The van der Waals surface area contributed by atoms with Gasteiger partial charge in [-0.25, -0.2) is 9.59 Å². The molecule has 136 valence electrons. The average molecular weight is 422 g/mol. The van der Waals surface area contributed by atoms with Gasteiger partial charge in [0.05, 0.1) is 10.0 Å². The van der Waals surface area contributed by atoms with Gasteiger partial charge in [-0.15, -0.1) is 0 Å². The summed E-state index contributed by atoms with van der Waals surface area (Å²) in [5, 5.41) is 2.41. The molecule has 0 saturated carbocycles. The molecule has 3 rings (SSSR count). The Kier molecular flexibility index (Phi) is 6.01. The lowest BCUT2D eigenvalue weighted by atomic mass is 10.1. The molecule has 7 heteroatoms. The van der Waals surface area contributed by atoms with Gasteiger partial charge < -0.3 is 9.47 Å². The van der Waals surface area contributed by atoms with Crippen LogP contribution in [0.5, 0.6) is 11.5 Å². The quantitative estimate of drug-likeness (QED) is 0.300. The van der Waals surface area contributed by atoms with E-state index in [9.17, 15) is 9.59 Å².